The van der Waals surface area contributed by atoms with Crippen LogP contribution in [0, 0.1) is 5.92 Å². The van der Waals surface area contributed by atoms with Crippen molar-refractivity contribution in [2.45, 2.75) is 51.8 Å². The van der Waals surface area contributed by atoms with Crippen LogP contribution in [0.4, 0.5) is 10.1 Å². The normalized spacial score (nSPS) is 25.5. The van der Waals surface area contributed by atoms with Crippen LogP contribution in [0.3, 0.4) is 0 Å². The Morgan fingerprint density at radius 2 is 1.81 bits per heavy atom. The van der Waals surface area contributed by atoms with Gasteiger partial charge in [0, 0.05) is 18.2 Å². The number of aromatic hydroxyl groups is 1. The van der Waals surface area contributed by atoms with Gasteiger partial charge in [-0.15, -0.1) is 0 Å². The van der Waals surface area contributed by atoms with E-state index in [9.17, 15) is 28.7 Å². The second-order valence-corrected chi connectivity index (χ2v) is 6.84. The summed E-state index contributed by atoms with van der Waals surface area (Å²) >= 11 is 0. The first-order valence-electron chi connectivity index (χ1n) is 8.69. The number of carbonyl (C=O) groups is 4. The minimum absolute atomic E-state index is 0.0769. The van der Waals surface area contributed by atoms with E-state index in [2.05, 4.69) is 0 Å². The number of phenols is 1. The first kappa shape index (κ1) is 20.5. The van der Waals surface area contributed by atoms with Gasteiger partial charge in [-0.25, -0.2) is 9.18 Å². The number of ketones is 3. The Bertz CT molecular complexity index is 791. The molecule has 0 radical (unpaired) electrons. The molecule has 1 aromatic carbocycles. The van der Waals surface area contributed by atoms with Crippen molar-refractivity contribution >= 4 is 29.0 Å². The van der Waals surface area contributed by atoms with Gasteiger partial charge in [-0.05, 0) is 43.7 Å². The Labute approximate surface area is 155 Å². The standard InChI is InChI=1S/C19H22FNO6/c1-9-6-13(20)17(24)18(25)14(22)5-3-4-11-7-12(21)8-15(23)16(11)19(26)27-10(9)2/h7-10,13,23H,3-6,21H2,1-2H3/t9-,10-,13?/m0/s1. The molecule has 1 heterocycles. The number of alkyl halides is 1. The number of esters is 1. The number of carbonyl (C=O) groups excluding carboxylic acids is 4. The molecule has 0 fully saturated rings. The summed E-state index contributed by atoms with van der Waals surface area (Å²) in [6.45, 7) is 3.08. The number of hydrogen-bond donors (Lipinski definition) is 2. The molecule has 146 valence electrons. The third-order valence-corrected chi connectivity index (χ3v) is 4.71. The Kier molecular flexibility index (Phi) is 6.30. The van der Waals surface area contributed by atoms with Crippen molar-refractivity contribution in [3.05, 3.63) is 23.3 Å². The number of rotatable bonds is 0. The summed E-state index contributed by atoms with van der Waals surface area (Å²) in [5.74, 6) is -5.46. The topological polar surface area (TPSA) is 124 Å². The van der Waals surface area contributed by atoms with Gasteiger partial charge in [0.05, 0.1) is 0 Å². The molecule has 1 aromatic rings. The van der Waals surface area contributed by atoms with Crippen molar-refractivity contribution < 1.29 is 33.4 Å². The summed E-state index contributed by atoms with van der Waals surface area (Å²) in [5.41, 5.74) is 6.21. The van der Waals surface area contributed by atoms with Gasteiger partial charge in [0.15, 0.2) is 6.17 Å². The number of aryl methyl sites for hydroxylation is 1. The maximum Gasteiger partial charge on any atom is 0.342 e. The largest absolute Gasteiger partial charge is 0.507 e. The van der Waals surface area contributed by atoms with Crippen LogP contribution in [-0.2, 0) is 25.5 Å². The minimum atomic E-state index is -2.14. The van der Waals surface area contributed by atoms with Gasteiger partial charge in [0.2, 0.25) is 11.6 Å². The lowest BCUT2D eigenvalue weighted by atomic mass is 9.93. The molecule has 27 heavy (non-hydrogen) atoms. The molecule has 1 aliphatic rings. The fraction of sp³-hybridized carbons (Fsp3) is 0.474. The third kappa shape index (κ3) is 4.69. The Morgan fingerprint density at radius 1 is 1.15 bits per heavy atom. The van der Waals surface area contributed by atoms with Gasteiger partial charge >= 0.3 is 5.97 Å². The highest BCUT2D eigenvalue weighted by molar-refractivity contribution is 6.64. The fourth-order valence-corrected chi connectivity index (χ4v) is 2.94. The van der Waals surface area contributed by atoms with Gasteiger partial charge < -0.3 is 15.6 Å². The second-order valence-electron chi connectivity index (χ2n) is 6.84. The molecule has 2 rings (SSSR count). The number of ether oxygens (including phenoxy) is 1. The number of nitrogen functional groups attached to an aromatic ring is 1. The molecule has 0 amide bonds. The number of anilines is 1. The lowest BCUT2D eigenvalue weighted by Crippen LogP contribution is -2.34. The van der Waals surface area contributed by atoms with E-state index in [1.807, 2.05) is 0 Å². The predicted molar refractivity (Wildman–Crippen MR) is 94.0 cm³/mol. The van der Waals surface area contributed by atoms with Crippen LogP contribution >= 0.6 is 0 Å². The summed E-state index contributed by atoms with van der Waals surface area (Å²) < 4.78 is 19.4. The molecular weight excluding hydrogens is 357 g/mol. The molecule has 1 unspecified atom stereocenters. The van der Waals surface area contributed by atoms with Gasteiger partial charge in [0.1, 0.15) is 17.4 Å². The smallest absolute Gasteiger partial charge is 0.342 e. The molecule has 7 nitrogen and oxygen atoms in total. The molecule has 0 spiro atoms. The van der Waals surface area contributed by atoms with Gasteiger partial charge in [-0.3, -0.25) is 14.4 Å². The van der Waals surface area contributed by atoms with Crippen molar-refractivity contribution in [3.8, 4) is 5.75 Å². The van der Waals surface area contributed by atoms with Crippen molar-refractivity contribution in [2.24, 2.45) is 5.92 Å². The summed E-state index contributed by atoms with van der Waals surface area (Å²) in [5, 5.41) is 10.1. The molecule has 0 saturated heterocycles. The molecular formula is C19H22FNO6. The monoisotopic (exact) mass is 379 g/mol. The first-order chi connectivity index (χ1) is 12.6. The Balaban J connectivity index is 2.41. The van der Waals surface area contributed by atoms with Crippen LogP contribution in [0.15, 0.2) is 12.1 Å². The fourth-order valence-electron chi connectivity index (χ4n) is 2.94. The maximum atomic E-state index is 14.1. The Morgan fingerprint density at radius 3 is 2.48 bits per heavy atom. The highest BCUT2D eigenvalue weighted by Crippen LogP contribution is 2.29. The molecule has 3 atom stereocenters. The number of benzene rings is 1. The number of halogens is 1. The molecule has 0 saturated carbocycles. The zero-order valence-electron chi connectivity index (χ0n) is 15.2. The van der Waals surface area contributed by atoms with Crippen LogP contribution in [-0.4, -0.2) is 40.7 Å². The number of Topliss-reactive ketones (excluding diaryl/α,β-unsaturated/α-hetero) is 3. The summed E-state index contributed by atoms with van der Waals surface area (Å²) in [7, 11) is 0. The van der Waals surface area contributed by atoms with Gasteiger partial charge in [0.25, 0.3) is 5.78 Å². The van der Waals surface area contributed by atoms with Crippen LogP contribution < -0.4 is 5.73 Å². The average Bonchev–Trinajstić information content (AvgIpc) is 2.58. The van der Waals surface area contributed by atoms with Crippen molar-refractivity contribution in [1.82, 2.24) is 0 Å². The van der Waals surface area contributed by atoms with Crippen LogP contribution in [0.5, 0.6) is 5.75 Å². The lowest BCUT2D eigenvalue weighted by Gasteiger charge is -2.22. The van der Waals surface area contributed by atoms with Gasteiger partial charge in [-0.1, -0.05) is 6.92 Å². The zero-order valence-corrected chi connectivity index (χ0v) is 15.2. The molecule has 0 aliphatic carbocycles. The second kappa shape index (κ2) is 8.28. The summed E-state index contributed by atoms with van der Waals surface area (Å²) in [6, 6.07) is 2.69. The minimum Gasteiger partial charge on any atom is -0.507 e. The van der Waals surface area contributed by atoms with E-state index in [1.165, 1.54) is 19.1 Å². The SMILES string of the molecule is C[C@@H]1OC(=O)c2c(O)cc(N)cc2CCCC(=O)C(=O)C(=O)C(F)C[C@@H]1C. The van der Waals surface area contributed by atoms with E-state index in [0.29, 0.717) is 5.56 Å². The van der Waals surface area contributed by atoms with Crippen LogP contribution in [0.25, 0.3) is 0 Å². The number of fused-ring (bicyclic) bond motifs is 1. The lowest BCUT2D eigenvalue weighted by molar-refractivity contribution is -0.146. The van der Waals surface area contributed by atoms with Crippen molar-refractivity contribution in [3.63, 3.8) is 0 Å². The van der Waals surface area contributed by atoms with Crippen molar-refractivity contribution in [1.29, 1.82) is 0 Å². The summed E-state index contributed by atoms with van der Waals surface area (Å²) in [6.07, 6.45) is -3.33. The maximum absolute atomic E-state index is 14.1. The van der Waals surface area contributed by atoms with Crippen molar-refractivity contribution in [2.75, 3.05) is 5.73 Å². The highest BCUT2D eigenvalue weighted by Gasteiger charge is 2.33. The van der Waals surface area contributed by atoms with Gasteiger partial charge in [-0.2, -0.15) is 0 Å². The predicted octanol–water partition coefficient (Wildman–Crippen LogP) is 1.93. The van der Waals surface area contributed by atoms with E-state index in [4.69, 9.17) is 10.5 Å². The molecule has 0 bridgehead atoms. The van der Waals surface area contributed by atoms with Crippen LogP contribution in [0.1, 0.15) is 49.0 Å². The first-order valence-corrected chi connectivity index (χ1v) is 8.69. The third-order valence-electron chi connectivity index (χ3n) is 4.71. The number of hydrogen-bond acceptors (Lipinski definition) is 7. The Hall–Kier alpha value is -2.77. The molecule has 3 N–H and O–H groups in total. The molecule has 8 heteroatoms. The number of phenolic OH excluding ortho intramolecular Hbond substituents is 1. The highest BCUT2D eigenvalue weighted by atomic mass is 19.1. The summed E-state index contributed by atoms with van der Waals surface area (Å²) in [4.78, 5) is 48.1. The van der Waals surface area contributed by atoms with E-state index >= 15 is 0 Å². The van der Waals surface area contributed by atoms with E-state index in [-0.39, 0.29) is 42.7 Å². The number of nitrogens with two attached hydrogens (primary N) is 1. The van der Waals surface area contributed by atoms with E-state index in [0.717, 1.165) is 0 Å². The molecule has 1 aliphatic heterocycles. The quantitative estimate of drug-likeness (QED) is 0.401. The zero-order chi connectivity index (χ0) is 20.3. The molecule has 0 aromatic heterocycles. The average molecular weight is 379 g/mol. The van der Waals surface area contributed by atoms with E-state index < -0.39 is 41.5 Å². The van der Waals surface area contributed by atoms with Crippen LogP contribution in [0.2, 0.25) is 0 Å². The number of cyclic esters (lactones) is 1. The van der Waals surface area contributed by atoms with E-state index in [1.54, 1.807) is 6.92 Å².